The molecule has 0 bridgehead atoms. The second-order valence-electron chi connectivity index (χ2n) is 7.60. The van der Waals surface area contributed by atoms with Crippen molar-refractivity contribution in [3.63, 3.8) is 0 Å². The number of rotatable bonds is 1. The summed E-state index contributed by atoms with van der Waals surface area (Å²) in [6, 6.07) is 14.4. The molecule has 0 aliphatic heterocycles. The summed E-state index contributed by atoms with van der Waals surface area (Å²) >= 11 is 0. The predicted octanol–water partition coefficient (Wildman–Crippen LogP) is 5.86. The van der Waals surface area contributed by atoms with Crippen LogP contribution in [0.25, 0.3) is 44.1 Å². The van der Waals surface area contributed by atoms with Gasteiger partial charge in [0, 0.05) is 43.7 Å². The minimum atomic E-state index is -2.15. The summed E-state index contributed by atoms with van der Waals surface area (Å²) < 4.78 is 31.7. The highest BCUT2D eigenvalue weighted by Crippen LogP contribution is 2.38. The van der Waals surface area contributed by atoms with Crippen LogP contribution in [-0.4, -0.2) is 4.98 Å². The molecule has 0 fully saturated rings. The van der Waals surface area contributed by atoms with Gasteiger partial charge in [-0.05, 0) is 50.9 Å². The number of hydrogen-bond donors (Lipinski definition) is 0. The second-order valence-corrected chi connectivity index (χ2v) is 7.60. The van der Waals surface area contributed by atoms with Gasteiger partial charge in [0.1, 0.15) is 18.2 Å². The molecule has 5 aromatic rings. The number of furan rings is 1. The highest BCUT2D eigenvalue weighted by atomic mass is 16.3. The number of hydrogen-bond acceptors (Lipinski definition) is 2. The van der Waals surface area contributed by atoms with E-state index < -0.39 is 6.85 Å². The summed E-state index contributed by atoms with van der Waals surface area (Å²) in [4.78, 5) is 4.64. The Morgan fingerprint density at radius 2 is 1.79 bits per heavy atom. The lowest BCUT2D eigenvalue weighted by atomic mass is 9.98. The standard InChI is InChI=1S/C25H23N2O/c1-14-6-9-19-20-11-18-8-7-17(4)26-21(18)12-23(20)28-25(19)24(14)22-10-15(2)16(3)13-27(22)5/h6-13H,1-5H3/q+1/i3D3. The Labute approximate surface area is 168 Å². The molecule has 0 saturated carbocycles. The zero-order valence-corrected chi connectivity index (χ0v) is 16.4. The first kappa shape index (κ1) is 13.9. The fourth-order valence-electron chi connectivity index (χ4n) is 3.97. The second kappa shape index (κ2) is 5.90. The molecule has 0 unspecified atom stereocenters. The van der Waals surface area contributed by atoms with Gasteiger partial charge < -0.3 is 4.42 Å². The first-order valence-corrected chi connectivity index (χ1v) is 9.38. The van der Waals surface area contributed by atoms with Crippen LogP contribution >= 0.6 is 0 Å². The fraction of sp³-hybridized carbons (Fsp3) is 0.200. The summed E-state index contributed by atoms with van der Waals surface area (Å²) in [5, 5.41) is 3.16. The predicted molar refractivity (Wildman–Crippen MR) is 115 cm³/mol. The number of fused-ring (bicyclic) bond motifs is 4. The smallest absolute Gasteiger partial charge is 0.216 e. The molecule has 3 heteroatoms. The molecule has 0 atom stereocenters. The summed E-state index contributed by atoms with van der Waals surface area (Å²) in [6.45, 7) is 3.73. The van der Waals surface area contributed by atoms with Crippen molar-refractivity contribution in [3.8, 4) is 11.3 Å². The van der Waals surface area contributed by atoms with Crippen LogP contribution in [-0.2, 0) is 7.05 Å². The van der Waals surface area contributed by atoms with E-state index in [1.54, 1.807) is 6.20 Å². The molecule has 138 valence electrons. The Kier molecular flexibility index (Phi) is 2.93. The van der Waals surface area contributed by atoms with E-state index in [1.165, 1.54) is 0 Å². The average molecular weight is 370 g/mol. The summed E-state index contributed by atoms with van der Waals surface area (Å²) in [7, 11) is 1.88. The van der Waals surface area contributed by atoms with Gasteiger partial charge in [0.05, 0.1) is 11.1 Å². The molecule has 0 radical (unpaired) electrons. The molecule has 3 nitrogen and oxygen atoms in total. The molecule has 5 rings (SSSR count). The Balaban J connectivity index is 1.83. The molecule has 2 aromatic carbocycles. The lowest BCUT2D eigenvalue weighted by Gasteiger charge is -2.07. The van der Waals surface area contributed by atoms with Gasteiger partial charge in [-0.2, -0.15) is 0 Å². The van der Waals surface area contributed by atoms with Gasteiger partial charge in [-0.3, -0.25) is 4.98 Å². The number of nitrogens with zero attached hydrogens (tertiary/aromatic N) is 2. The fourth-order valence-corrected chi connectivity index (χ4v) is 3.97. The topological polar surface area (TPSA) is 29.9 Å². The van der Waals surface area contributed by atoms with Gasteiger partial charge in [0.15, 0.2) is 6.20 Å². The van der Waals surface area contributed by atoms with Gasteiger partial charge in [-0.1, -0.05) is 18.2 Å². The van der Waals surface area contributed by atoms with Crippen molar-refractivity contribution in [1.29, 1.82) is 0 Å². The van der Waals surface area contributed by atoms with E-state index in [1.807, 2.05) is 43.7 Å². The maximum atomic E-state index is 7.81. The summed E-state index contributed by atoms with van der Waals surface area (Å²) in [6.07, 6.45) is 1.71. The van der Waals surface area contributed by atoms with Gasteiger partial charge in [0.25, 0.3) is 0 Å². The van der Waals surface area contributed by atoms with Gasteiger partial charge >= 0.3 is 0 Å². The van der Waals surface area contributed by atoms with E-state index in [0.29, 0.717) is 5.56 Å². The molecule has 3 aromatic heterocycles. The summed E-state index contributed by atoms with van der Waals surface area (Å²) in [5.41, 5.74) is 7.55. The third kappa shape index (κ3) is 2.43. The molecule has 28 heavy (non-hydrogen) atoms. The minimum Gasteiger partial charge on any atom is -0.455 e. The van der Waals surface area contributed by atoms with Gasteiger partial charge in [0.2, 0.25) is 5.69 Å². The Morgan fingerprint density at radius 3 is 2.61 bits per heavy atom. The van der Waals surface area contributed by atoms with Gasteiger partial charge in [-0.25, -0.2) is 4.57 Å². The Bertz CT molecular complexity index is 1510. The van der Waals surface area contributed by atoms with Crippen molar-refractivity contribution in [2.75, 3.05) is 0 Å². The zero-order valence-electron chi connectivity index (χ0n) is 19.4. The molecule has 0 aliphatic carbocycles. The minimum absolute atomic E-state index is 0.362. The van der Waals surface area contributed by atoms with E-state index in [2.05, 4.69) is 36.2 Å². The van der Waals surface area contributed by atoms with Crippen molar-refractivity contribution in [2.45, 2.75) is 27.6 Å². The zero-order chi connectivity index (χ0) is 22.1. The van der Waals surface area contributed by atoms with Crippen molar-refractivity contribution in [2.24, 2.45) is 7.05 Å². The van der Waals surface area contributed by atoms with Crippen LogP contribution in [0.1, 0.15) is 26.5 Å². The highest BCUT2D eigenvalue weighted by Gasteiger charge is 2.21. The normalized spacial score (nSPS) is 13.8. The van der Waals surface area contributed by atoms with E-state index in [4.69, 9.17) is 8.53 Å². The maximum absolute atomic E-state index is 7.81. The maximum Gasteiger partial charge on any atom is 0.216 e. The van der Waals surface area contributed by atoms with Crippen molar-refractivity contribution in [1.82, 2.24) is 4.98 Å². The van der Waals surface area contributed by atoms with Crippen molar-refractivity contribution >= 4 is 32.8 Å². The number of aromatic nitrogens is 2. The number of pyridine rings is 2. The monoisotopic (exact) mass is 370 g/mol. The summed E-state index contributed by atoms with van der Waals surface area (Å²) in [5.74, 6) is 0. The van der Waals surface area contributed by atoms with Crippen molar-refractivity contribution < 1.29 is 13.1 Å². The first-order valence-electron chi connectivity index (χ1n) is 10.9. The molecule has 0 amide bonds. The molecule has 3 heterocycles. The highest BCUT2D eigenvalue weighted by molar-refractivity contribution is 6.12. The molecular formula is C25H23N2O+. The third-order valence-electron chi connectivity index (χ3n) is 5.53. The molecule has 0 saturated heterocycles. The SMILES string of the molecule is [2H]C([2H])([2H])c1c[n+](C)c(-c2c(C)ccc3c2oc2cc4nc(C)ccc4cc23)cc1C. The van der Waals surface area contributed by atoms with Crippen LogP contribution < -0.4 is 4.57 Å². The lowest BCUT2D eigenvalue weighted by Crippen LogP contribution is -2.31. The van der Waals surface area contributed by atoms with E-state index in [0.717, 1.165) is 60.9 Å². The van der Waals surface area contributed by atoms with E-state index in [9.17, 15) is 0 Å². The first-order chi connectivity index (χ1) is 14.6. The Hall–Kier alpha value is -3.20. The van der Waals surface area contributed by atoms with Crippen LogP contribution in [0.3, 0.4) is 0 Å². The van der Waals surface area contributed by atoms with Gasteiger partial charge in [-0.15, -0.1) is 0 Å². The molecule has 0 N–H and O–H groups in total. The Morgan fingerprint density at radius 1 is 0.929 bits per heavy atom. The molecular weight excluding hydrogens is 344 g/mol. The van der Waals surface area contributed by atoms with Crippen LogP contribution in [0, 0.1) is 27.6 Å². The third-order valence-corrected chi connectivity index (χ3v) is 5.53. The van der Waals surface area contributed by atoms with Crippen LogP contribution in [0.2, 0.25) is 0 Å². The van der Waals surface area contributed by atoms with Crippen LogP contribution in [0.15, 0.2) is 53.1 Å². The largest absolute Gasteiger partial charge is 0.455 e. The molecule has 0 aliphatic rings. The van der Waals surface area contributed by atoms with Crippen LogP contribution in [0.5, 0.6) is 0 Å². The number of aryl methyl sites for hydroxylation is 5. The lowest BCUT2D eigenvalue weighted by molar-refractivity contribution is -0.660. The van der Waals surface area contributed by atoms with Crippen molar-refractivity contribution in [3.05, 3.63) is 71.0 Å². The average Bonchev–Trinajstić information content (AvgIpc) is 3.04. The quantitative estimate of drug-likeness (QED) is 0.346. The van der Waals surface area contributed by atoms with E-state index >= 15 is 0 Å². The molecule has 0 spiro atoms. The number of benzene rings is 2. The van der Waals surface area contributed by atoms with E-state index in [-0.39, 0.29) is 0 Å². The van der Waals surface area contributed by atoms with Crippen LogP contribution in [0.4, 0.5) is 0 Å².